The molecule has 4 rings (SSSR count). The van der Waals surface area contributed by atoms with E-state index >= 15 is 0 Å². The van der Waals surface area contributed by atoms with Crippen LogP contribution in [0.25, 0.3) is 0 Å². The highest BCUT2D eigenvalue weighted by atomic mass is 16.5. The number of aromatic amines is 1. The van der Waals surface area contributed by atoms with Gasteiger partial charge < -0.3 is 9.84 Å². The Balaban J connectivity index is 1.46. The van der Waals surface area contributed by atoms with E-state index in [-0.39, 0.29) is 0 Å². The zero-order valence-electron chi connectivity index (χ0n) is 13.4. The number of likely N-dealkylation sites (tertiary alicyclic amines) is 1. The predicted molar refractivity (Wildman–Crippen MR) is 87.1 cm³/mol. The number of β-amino-alcohol motifs (C(OH)–C–C–N with tert-alkyl or cyclic N) is 1. The number of aryl methyl sites for hydroxylation is 1. The summed E-state index contributed by atoms with van der Waals surface area (Å²) in [5.41, 5.74) is 3.17. The first-order chi connectivity index (χ1) is 11.2. The number of hydrogen-bond acceptors (Lipinski definition) is 4. The van der Waals surface area contributed by atoms with Gasteiger partial charge in [-0.1, -0.05) is 30.3 Å². The second-order valence-corrected chi connectivity index (χ2v) is 6.89. The van der Waals surface area contributed by atoms with Crippen LogP contribution in [-0.2, 0) is 11.3 Å². The van der Waals surface area contributed by atoms with Crippen molar-refractivity contribution in [1.82, 2.24) is 15.1 Å². The van der Waals surface area contributed by atoms with Gasteiger partial charge in [-0.05, 0) is 18.9 Å². The fourth-order valence-electron chi connectivity index (χ4n) is 3.94. The van der Waals surface area contributed by atoms with Crippen molar-refractivity contribution in [3.8, 4) is 0 Å². The van der Waals surface area contributed by atoms with E-state index in [1.54, 1.807) is 0 Å². The maximum absolute atomic E-state index is 10.6. The summed E-state index contributed by atoms with van der Waals surface area (Å²) < 4.78 is 6.15. The Hall–Kier alpha value is -1.69. The molecule has 0 amide bonds. The van der Waals surface area contributed by atoms with Crippen LogP contribution in [0.1, 0.15) is 29.2 Å². The topological polar surface area (TPSA) is 61.4 Å². The first-order valence-corrected chi connectivity index (χ1v) is 8.24. The van der Waals surface area contributed by atoms with E-state index in [2.05, 4.69) is 39.4 Å². The summed E-state index contributed by atoms with van der Waals surface area (Å²) >= 11 is 0. The van der Waals surface area contributed by atoms with Crippen molar-refractivity contribution in [3.05, 3.63) is 53.3 Å². The normalized spacial score (nSPS) is 31.2. The standard InChI is InChI=1S/C18H23N3O2/c1-13-16(8-19-20-13)9-21-10-17(22)18(12-21)7-15(11-23-18)14-5-3-2-4-6-14/h2-6,8,15,17,22H,7,9-12H2,1H3,(H,19,20)/t15-,17+,18+/m0/s1. The molecule has 2 fully saturated rings. The zero-order valence-corrected chi connectivity index (χ0v) is 13.4. The van der Waals surface area contributed by atoms with Crippen LogP contribution in [0.3, 0.4) is 0 Å². The molecule has 0 saturated carbocycles. The molecule has 5 nitrogen and oxygen atoms in total. The van der Waals surface area contributed by atoms with E-state index in [1.165, 1.54) is 11.1 Å². The minimum absolute atomic E-state index is 0.376. The SMILES string of the molecule is Cc1[nH]ncc1CN1C[C@@H](O)[C@@]2(C[C@H](c3ccccc3)CO2)C1. The Kier molecular flexibility index (Phi) is 3.71. The summed E-state index contributed by atoms with van der Waals surface area (Å²) in [7, 11) is 0. The lowest BCUT2D eigenvalue weighted by Gasteiger charge is -2.26. The summed E-state index contributed by atoms with van der Waals surface area (Å²) in [4.78, 5) is 2.27. The van der Waals surface area contributed by atoms with Gasteiger partial charge in [0.2, 0.25) is 0 Å². The first kappa shape index (κ1) is 14.9. The van der Waals surface area contributed by atoms with Crippen LogP contribution in [0.4, 0.5) is 0 Å². The van der Waals surface area contributed by atoms with Crippen LogP contribution >= 0.6 is 0 Å². The third-order valence-electron chi connectivity index (χ3n) is 5.29. The average Bonchev–Trinajstić information content (AvgIpc) is 3.24. The maximum Gasteiger partial charge on any atom is 0.109 e. The third-order valence-corrected chi connectivity index (χ3v) is 5.29. The molecule has 2 aliphatic heterocycles. The Morgan fingerprint density at radius 3 is 2.96 bits per heavy atom. The molecule has 2 aliphatic rings. The van der Waals surface area contributed by atoms with Crippen molar-refractivity contribution in [2.45, 2.75) is 37.5 Å². The molecule has 23 heavy (non-hydrogen) atoms. The Bertz CT molecular complexity index is 672. The van der Waals surface area contributed by atoms with Crippen LogP contribution in [0.2, 0.25) is 0 Å². The summed E-state index contributed by atoms with van der Waals surface area (Å²) in [5.74, 6) is 0.376. The van der Waals surface area contributed by atoms with E-state index in [9.17, 15) is 5.11 Å². The molecular formula is C18H23N3O2. The van der Waals surface area contributed by atoms with Crippen molar-refractivity contribution in [1.29, 1.82) is 0 Å². The third kappa shape index (κ3) is 2.69. The molecule has 0 aliphatic carbocycles. The summed E-state index contributed by atoms with van der Waals surface area (Å²) in [6, 6.07) is 10.5. The number of aromatic nitrogens is 2. The summed E-state index contributed by atoms with van der Waals surface area (Å²) in [5, 5.41) is 17.7. The summed E-state index contributed by atoms with van der Waals surface area (Å²) in [6.07, 6.45) is 2.33. The van der Waals surface area contributed by atoms with E-state index in [1.807, 2.05) is 19.2 Å². The molecule has 3 heterocycles. The minimum Gasteiger partial charge on any atom is -0.389 e. The molecule has 0 unspecified atom stereocenters. The highest BCUT2D eigenvalue weighted by molar-refractivity contribution is 5.23. The van der Waals surface area contributed by atoms with Gasteiger partial charge in [-0.2, -0.15) is 5.10 Å². The van der Waals surface area contributed by atoms with E-state index < -0.39 is 11.7 Å². The fraction of sp³-hybridized carbons (Fsp3) is 0.500. The zero-order chi connectivity index (χ0) is 15.9. The maximum atomic E-state index is 10.6. The van der Waals surface area contributed by atoms with E-state index in [4.69, 9.17) is 4.74 Å². The number of benzene rings is 1. The van der Waals surface area contributed by atoms with Gasteiger partial charge in [-0.15, -0.1) is 0 Å². The van der Waals surface area contributed by atoms with Crippen molar-refractivity contribution < 1.29 is 9.84 Å². The van der Waals surface area contributed by atoms with E-state index in [0.717, 1.165) is 25.2 Å². The number of ether oxygens (including phenoxy) is 1. The lowest BCUT2D eigenvalue weighted by molar-refractivity contribution is -0.0594. The number of rotatable bonds is 3. The van der Waals surface area contributed by atoms with Crippen LogP contribution in [0.15, 0.2) is 36.5 Å². The number of aliphatic hydroxyl groups is 1. The smallest absolute Gasteiger partial charge is 0.109 e. The van der Waals surface area contributed by atoms with Crippen LogP contribution in [-0.4, -0.2) is 51.6 Å². The van der Waals surface area contributed by atoms with Gasteiger partial charge >= 0.3 is 0 Å². The summed E-state index contributed by atoms with van der Waals surface area (Å²) in [6.45, 7) is 4.97. The van der Waals surface area contributed by atoms with Crippen molar-refractivity contribution in [2.24, 2.45) is 0 Å². The van der Waals surface area contributed by atoms with Crippen molar-refractivity contribution in [2.75, 3.05) is 19.7 Å². The number of hydrogen-bond donors (Lipinski definition) is 2. The van der Waals surface area contributed by atoms with Crippen LogP contribution in [0.5, 0.6) is 0 Å². The Morgan fingerprint density at radius 2 is 2.22 bits per heavy atom. The molecule has 1 aromatic heterocycles. The monoisotopic (exact) mass is 313 g/mol. The molecule has 1 spiro atoms. The second-order valence-electron chi connectivity index (χ2n) is 6.89. The lowest BCUT2D eigenvalue weighted by Crippen LogP contribution is -2.41. The van der Waals surface area contributed by atoms with Crippen LogP contribution < -0.4 is 0 Å². The number of nitrogens with one attached hydrogen (secondary N) is 1. The Labute approximate surface area is 136 Å². The largest absolute Gasteiger partial charge is 0.389 e. The van der Waals surface area contributed by atoms with Gasteiger partial charge in [-0.3, -0.25) is 10.00 Å². The molecule has 2 aromatic rings. The molecule has 2 saturated heterocycles. The quantitative estimate of drug-likeness (QED) is 0.908. The van der Waals surface area contributed by atoms with Gasteiger partial charge in [-0.25, -0.2) is 0 Å². The van der Waals surface area contributed by atoms with Gasteiger partial charge in [0.25, 0.3) is 0 Å². The van der Waals surface area contributed by atoms with Gasteiger partial charge in [0, 0.05) is 36.8 Å². The molecule has 5 heteroatoms. The molecular weight excluding hydrogens is 290 g/mol. The lowest BCUT2D eigenvalue weighted by atomic mass is 9.87. The highest BCUT2D eigenvalue weighted by Gasteiger charge is 2.52. The van der Waals surface area contributed by atoms with Gasteiger partial charge in [0.1, 0.15) is 5.60 Å². The first-order valence-electron chi connectivity index (χ1n) is 8.24. The number of aliphatic hydroxyl groups excluding tert-OH is 1. The van der Waals surface area contributed by atoms with Crippen molar-refractivity contribution in [3.63, 3.8) is 0 Å². The fourth-order valence-corrected chi connectivity index (χ4v) is 3.94. The minimum atomic E-state index is -0.427. The van der Waals surface area contributed by atoms with E-state index in [0.29, 0.717) is 19.1 Å². The average molecular weight is 313 g/mol. The molecule has 122 valence electrons. The second kappa shape index (κ2) is 5.74. The molecule has 0 radical (unpaired) electrons. The van der Waals surface area contributed by atoms with Crippen molar-refractivity contribution >= 4 is 0 Å². The Morgan fingerprint density at radius 1 is 1.39 bits per heavy atom. The molecule has 1 aromatic carbocycles. The van der Waals surface area contributed by atoms with Gasteiger partial charge in [0.15, 0.2) is 0 Å². The predicted octanol–water partition coefficient (Wildman–Crippen LogP) is 1.84. The van der Waals surface area contributed by atoms with Crippen LogP contribution in [0, 0.1) is 6.92 Å². The molecule has 2 N–H and O–H groups in total. The number of H-pyrrole nitrogens is 1. The number of nitrogens with zero attached hydrogens (tertiary/aromatic N) is 2. The molecule has 3 atom stereocenters. The molecule has 0 bridgehead atoms. The highest BCUT2D eigenvalue weighted by Crippen LogP contribution is 2.42. The van der Waals surface area contributed by atoms with Gasteiger partial charge in [0.05, 0.1) is 18.9 Å².